The molecule has 5 nitrogen and oxygen atoms in total. The van der Waals surface area contributed by atoms with E-state index in [9.17, 15) is 9.18 Å². The van der Waals surface area contributed by atoms with E-state index in [1.807, 2.05) is 4.90 Å². The number of para-hydroxylation sites is 1. The predicted octanol–water partition coefficient (Wildman–Crippen LogP) is 3.20. The number of hydrogen-bond donors (Lipinski definition) is 1. The quantitative estimate of drug-likeness (QED) is 0.779. The minimum atomic E-state index is -0.401. The van der Waals surface area contributed by atoms with E-state index in [2.05, 4.69) is 22.4 Å². The topological polar surface area (TPSA) is 44.8 Å². The molecule has 2 aliphatic carbocycles. The van der Waals surface area contributed by atoms with E-state index in [1.165, 1.54) is 12.5 Å². The summed E-state index contributed by atoms with van der Waals surface area (Å²) in [6.07, 6.45) is 7.01. The van der Waals surface area contributed by atoms with Crippen molar-refractivity contribution >= 4 is 11.7 Å². The van der Waals surface area contributed by atoms with Crippen LogP contribution >= 0.6 is 0 Å². The number of ether oxygens (including phenoxy) is 1. The Morgan fingerprint density at radius 1 is 1.22 bits per heavy atom. The average molecular weight is 373 g/mol. The zero-order valence-corrected chi connectivity index (χ0v) is 15.6. The number of carbonyl (C=O) groups excluding carboxylic acids is 1. The molecule has 0 radical (unpaired) electrons. The normalized spacial score (nSPS) is 27.1. The van der Waals surface area contributed by atoms with Gasteiger partial charge in [-0.2, -0.15) is 0 Å². The van der Waals surface area contributed by atoms with Crippen molar-refractivity contribution in [1.82, 2.24) is 9.80 Å². The fourth-order valence-corrected chi connectivity index (χ4v) is 4.51. The summed E-state index contributed by atoms with van der Waals surface area (Å²) in [5, 5.41) is 2.77. The van der Waals surface area contributed by atoms with Crippen LogP contribution in [0.15, 0.2) is 36.4 Å². The van der Waals surface area contributed by atoms with Gasteiger partial charge in [-0.25, -0.2) is 9.18 Å². The molecule has 1 saturated heterocycles. The number of nitrogens with zero attached hydrogens (tertiary/aromatic N) is 2. The number of urea groups is 1. The number of carbonyl (C=O) groups is 1. The van der Waals surface area contributed by atoms with Crippen LogP contribution < -0.4 is 5.32 Å². The van der Waals surface area contributed by atoms with Gasteiger partial charge in [0.25, 0.3) is 0 Å². The number of allylic oxidation sites excluding steroid dienone is 2. The molecule has 0 aromatic heterocycles. The molecular weight excluding hydrogens is 345 g/mol. The van der Waals surface area contributed by atoms with Crippen LogP contribution in [-0.4, -0.2) is 61.8 Å². The van der Waals surface area contributed by atoms with Gasteiger partial charge in [-0.3, -0.25) is 4.90 Å². The van der Waals surface area contributed by atoms with Crippen molar-refractivity contribution in [2.75, 3.05) is 51.3 Å². The molecule has 1 heterocycles. The summed E-state index contributed by atoms with van der Waals surface area (Å²) in [6, 6.07) is 6.13. The second kappa shape index (κ2) is 8.40. The Hall–Kier alpha value is -1.92. The third-order valence-electron chi connectivity index (χ3n) is 6.06. The number of hydrogen-bond acceptors (Lipinski definition) is 3. The van der Waals surface area contributed by atoms with Crippen LogP contribution in [0.3, 0.4) is 0 Å². The minimum Gasteiger partial charge on any atom is -0.379 e. The zero-order chi connectivity index (χ0) is 18.6. The first-order valence-electron chi connectivity index (χ1n) is 9.98. The van der Waals surface area contributed by atoms with Crippen molar-refractivity contribution in [3.05, 3.63) is 42.2 Å². The Labute approximate surface area is 160 Å². The van der Waals surface area contributed by atoms with Crippen molar-refractivity contribution in [2.45, 2.75) is 12.8 Å². The Bertz CT molecular complexity index is 690. The van der Waals surface area contributed by atoms with Crippen LogP contribution in [0.25, 0.3) is 0 Å². The van der Waals surface area contributed by atoms with E-state index >= 15 is 0 Å². The molecule has 146 valence electrons. The Morgan fingerprint density at radius 2 is 2.04 bits per heavy atom. The van der Waals surface area contributed by atoms with Crippen molar-refractivity contribution in [1.29, 1.82) is 0 Å². The summed E-state index contributed by atoms with van der Waals surface area (Å²) in [4.78, 5) is 17.1. The lowest BCUT2D eigenvalue weighted by atomic mass is 9.93. The molecule has 3 unspecified atom stereocenters. The standard InChI is InChI=1S/C21H28FN3O2/c22-19-3-1-2-4-20(19)23-21(26)25(8-7-24-9-11-27-12-10-24)15-18-14-16-5-6-17(18)13-16/h1-6,16-18H,7-15H2,(H,23,26). The molecule has 1 N–H and O–H groups in total. The Morgan fingerprint density at radius 3 is 2.74 bits per heavy atom. The first-order chi connectivity index (χ1) is 13.2. The van der Waals surface area contributed by atoms with Gasteiger partial charge in [0, 0.05) is 32.7 Å². The number of benzene rings is 1. The fraction of sp³-hybridized carbons (Fsp3) is 0.571. The average Bonchev–Trinajstić information content (AvgIpc) is 3.31. The predicted molar refractivity (Wildman–Crippen MR) is 103 cm³/mol. The Balaban J connectivity index is 1.40. The molecule has 1 aromatic rings. The summed E-state index contributed by atoms with van der Waals surface area (Å²) >= 11 is 0. The van der Waals surface area contributed by atoms with E-state index < -0.39 is 5.82 Å². The van der Waals surface area contributed by atoms with E-state index in [0.717, 1.165) is 45.8 Å². The Kier molecular flexibility index (Phi) is 5.74. The molecular formula is C21H28FN3O2. The number of halogens is 1. The van der Waals surface area contributed by atoms with Crippen LogP contribution in [-0.2, 0) is 4.74 Å². The van der Waals surface area contributed by atoms with Crippen molar-refractivity contribution < 1.29 is 13.9 Å². The van der Waals surface area contributed by atoms with Crippen LogP contribution in [0.1, 0.15) is 12.8 Å². The highest BCUT2D eigenvalue weighted by molar-refractivity contribution is 5.89. The third-order valence-corrected chi connectivity index (χ3v) is 6.06. The number of nitrogens with one attached hydrogen (secondary N) is 1. The number of anilines is 1. The van der Waals surface area contributed by atoms with Gasteiger partial charge in [0.15, 0.2) is 0 Å². The molecule has 2 fully saturated rings. The molecule has 1 aromatic carbocycles. The molecule has 3 aliphatic rings. The molecule has 0 spiro atoms. The summed E-state index contributed by atoms with van der Waals surface area (Å²) in [6.45, 7) is 5.51. The van der Waals surface area contributed by atoms with Gasteiger partial charge < -0.3 is 15.0 Å². The zero-order valence-electron chi connectivity index (χ0n) is 15.6. The maximum atomic E-state index is 14.0. The van der Waals surface area contributed by atoms with E-state index in [4.69, 9.17) is 4.74 Å². The van der Waals surface area contributed by atoms with E-state index in [1.54, 1.807) is 18.2 Å². The molecule has 6 heteroatoms. The first-order valence-corrected chi connectivity index (χ1v) is 9.98. The van der Waals surface area contributed by atoms with E-state index in [0.29, 0.717) is 24.3 Å². The molecule has 4 rings (SSSR count). The highest BCUT2D eigenvalue weighted by atomic mass is 19.1. The number of amides is 2. The summed E-state index contributed by atoms with van der Waals surface area (Å²) in [5.41, 5.74) is 0.242. The lowest BCUT2D eigenvalue weighted by Gasteiger charge is -2.32. The van der Waals surface area contributed by atoms with Gasteiger partial charge in [0.1, 0.15) is 5.82 Å². The lowest BCUT2D eigenvalue weighted by Crippen LogP contribution is -2.46. The minimum absolute atomic E-state index is 0.208. The number of rotatable bonds is 6. The fourth-order valence-electron chi connectivity index (χ4n) is 4.51. The molecule has 2 bridgehead atoms. The molecule has 2 amide bonds. The number of fused-ring (bicyclic) bond motifs is 2. The van der Waals surface area contributed by atoms with Crippen LogP contribution in [0.2, 0.25) is 0 Å². The van der Waals surface area contributed by atoms with Crippen molar-refractivity contribution in [2.24, 2.45) is 17.8 Å². The smallest absolute Gasteiger partial charge is 0.321 e. The van der Waals surface area contributed by atoms with Crippen LogP contribution in [0.5, 0.6) is 0 Å². The monoisotopic (exact) mass is 373 g/mol. The maximum Gasteiger partial charge on any atom is 0.321 e. The summed E-state index contributed by atoms with van der Waals surface area (Å²) < 4.78 is 19.4. The summed E-state index contributed by atoms with van der Waals surface area (Å²) in [7, 11) is 0. The van der Waals surface area contributed by atoms with Gasteiger partial charge in [-0.15, -0.1) is 0 Å². The highest BCUT2D eigenvalue weighted by Crippen LogP contribution is 2.43. The molecule has 1 aliphatic heterocycles. The van der Waals surface area contributed by atoms with Crippen LogP contribution in [0.4, 0.5) is 14.9 Å². The second-order valence-corrected chi connectivity index (χ2v) is 7.85. The SMILES string of the molecule is O=C(Nc1ccccc1F)N(CCN1CCOCC1)CC1CC2C=CC1C2. The maximum absolute atomic E-state index is 14.0. The second-order valence-electron chi connectivity index (χ2n) is 7.85. The van der Waals surface area contributed by atoms with Gasteiger partial charge in [0.05, 0.1) is 18.9 Å². The van der Waals surface area contributed by atoms with Gasteiger partial charge in [-0.1, -0.05) is 24.3 Å². The summed E-state index contributed by atoms with van der Waals surface area (Å²) in [5.74, 6) is 1.37. The van der Waals surface area contributed by atoms with Crippen molar-refractivity contribution in [3.63, 3.8) is 0 Å². The molecule has 1 saturated carbocycles. The molecule has 3 atom stereocenters. The van der Waals surface area contributed by atoms with Gasteiger partial charge in [-0.05, 0) is 42.7 Å². The van der Waals surface area contributed by atoms with Crippen molar-refractivity contribution in [3.8, 4) is 0 Å². The number of morpholine rings is 1. The van der Waals surface area contributed by atoms with E-state index in [-0.39, 0.29) is 11.7 Å². The highest BCUT2D eigenvalue weighted by Gasteiger charge is 2.37. The largest absolute Gasteiger partial charge is 0.379 e. The van der Waals surface area contributed by atoms with Gasteiger partial charge in [0.2, 0.25) is 0 Å². The third kappa shape index (κ3) is 4.50. The lowest BCUT2D eigenvalue weighted by molar-refractivity contribution is 0.0345. The first kappa shape index (κ1) is 18.4. The van der Waals surface area contributed by atoms with Gasteiger partial charge >= 0.3 is 6.03 Å². The van der Waals surface area contributed by atoms with Crippen LogP contribution in [0, 0.1) is 23.6 Å². The molecule has 27 heavy (non-hydrogen) atoms.